The van der Waals surface area contributed by atoms with Crippen LogP contribution in [0.2, 0.25) is 0 Å². The molecule has 2 aliphatic rings. The molecule has 12 nitrogen and oxygen atoms in total. The zero-order valence-corrected chi connectivity index (χ0v) is 25.1. The van der Waals surface area contributed by atoms with Crippen molar-refractivity contribution in [2.45, 2.75) is 77.5 Å². The maximum Gasteiger partial charge on any atom is 0.328 e. The van der Waals surface area contributed by atoms with Crippen molar-refractivity contribution in [3.8, 4) is 5.75 Å². The van der Waals surface area contributed by atoms with Gasteiger partial charge in [0.1, 0.15) is 17.3 Å². The van der Waals surface area contributed by atoms with E-state index in [-0.39, 0.29) is 18.9 Å². The molecule has 1 saturated carbocycles. The minimum absolute atomic E-state index is 0.0489. The van der Waals surface area contributed by atoms with Gasteiger partial charge in [0.2, 0.25) is 5.91 Å². The van der Waals surface area contributed by atoms with E-state index >= 15 is 0 Å². The number of ether oxygens (including phenoxy) is 1. The summed E-state index contributed by atoms with van der Waals surface area (Å²) < 4.78 is 5.51. The van der Waals surface area contributed by atoms with Crippen molar-refractivity contribution in [2.75, 3.05) is 17.7 Å². The maximum atomic E-state index is 13.8. The summed E-state index contributed by atoms with van der Waals surface area (Å²) in [4.78, 5) is 66.9. The van der Waals surface area contributed by atoms with Crippen LogP contribution in [0.1, 0.15) is 57.6 Å². The van der Waals surface area contributed by atoms with E-state index < -0.39 is 47.5 Å². The molecule has 1 aliphatic carbocycles. The summed E-state index contributed by atoms with van der Waals surface area (Å²) >= 11 is 0. The number of rotatable bonds is 12. The number of carboxylic acids is 1. The first kappa shape index (κ1) is 31.3. The van der Waals surface area contributed by atoms with Gasteiger partial charge in [-0.15, -0.1) is 0 Å². The molecule has 2 fully saturated rings. The standard InChI is InChI=1S/C31H39N5O7/c1-18-8-6-7-9-22(18)33-29(41)34-23-13-12-21(16-25(23)43-5)17-35-30(42)36(28(40)31(35,3)4)24(15-20-10-11-20)27(39)32-19(2)14-26(37)38/h6-9,12-13,16,19-20,24H,10-11,14-15,17H2,1-5H3,(H,32,39)(H,37,38)(H2,33,34,41)/t19-,24-/m1/s1. The van der Waals surface area contributed by atoms with E-state index in [1.54, 1.807) is 45.0 Å². The largest absolute Gasteiger partial charge is 0.495 e. The van der Waals surface area contributed by atoms with Crippen LogP contribution in [0.5, 0.6) is 5.75 Å². The van der Waals surface area contributed by atoms with Gasteiger partial charge < -0.3 is 30.7 Å². The second kappa shape index (κ2) is 12.7. The number of carbonyl (C=O) groups excluding carboxylic acids is 4. The lowest BCUT2D eigenvalue weighted by Gasteiger charge is -2.28. The van der Waals surface area contributed by atoms with Gasteiger partial charge in [-0.05, 0) is 69.4 Å². The predicted octanol–water partition coefficient (Wildman–Crippen LogP) is 4.34. The molecule has 2 aromatic rings. The molecule has 0 radical (unpaired) electrons. The van der Waals surface area contributed by atoms with Crippen LogP contribution < -0.4 is 20.7 Å². The second-order valence-corrected chi connectivity index (χ2v) is 11.7. The zero-order chi connectivity index (χ0) is 31.5. The lowest BCUT2D eigenvalue weighted by atomic mass is 10.0. The first-order chi connectivity index (χ1) is 20.3. The number of imide groups is 1. The average molecular weight is 594 g/mol. The molecular weight excluding hydrogens is 554 g/mol. The van der Waals surface area contributed by atoms with E-state index in [0.29, 0.717) is 29.1 Å². The molecule has 1 saturated heterocycles. The molecule has 2 atom stereocenters. The molecule has 43 heavy (non-hydrogen) atoms. The van der Waals surface area contributed by atoms with Gasteiger partial charge in [-0.1, -0.05) is 37.1 Å². The van der Waals surface area contributed by atoms with Crippen molar-refractivity contribution in [3.63, 3.8) is 0 Å². The fourth-order valence-electron chi connectivity index (χ4n) is 5.17. The number of hydrogen-bond acceptors (Lipinski definition) is 6. The highest BCUT2D eigenvalue weighted by molar-refractivity contribution is 6.09. The Morgan fingerprint density at radius 1 is 1.07 bits per heavy atom. The monoisotopic (exact) mass is 593 g/mol. The van der Waals surface area contributed by atoms with Crippen LogP contribution in [0.15, 0.2) is 42.5 Å². The molecule has 0 spiro atoms. The van der Waals surface area contributed by atoms with Crippen molar-refractivity contribution in [2.24, 2.45) is 5.92 Å². The molecule has 4 rings (SSSR count). The number of aryl methyl sites for hydroxylation is 1. The molecular formula is C31H39N5O7. The Balaban J connectivity index is 1.51. The van der Waals surface area contributed by atoms with E-state index in [0.717, 1.165) is 23.3 Å². The summed E-state index contributed by atoms with van der Waals surface area (Å²) in [6.07, 6.45) is 1.86. The van der Waals surface area contributed by atoms with Gasteiger partial charge in [0.05, 0.1) is 19.2 Å². The number of nitrogens with zero attached hydrogens (tertiary/aromatic N) is 2. The van der Waals surface area contributed by atoms with Crippen molar-refractivity contribution < 1.29 is 33.8 Å². The third kappa shape index (κ3) is 7.25. The van der Waals surface area contributed by atoms with Crippen molar-refractivity contribution >= 4 is 41.2 Å². The molecule has 12 heteroatoms. The maximum absolute atomic E-state index is 13.8. The van der Waals surface area contributed by atoms with Crippen LogP contribution in [0.3, 0.4) is 0 Å². The van der Waals surface area contributed by atoms with Gasteiger partial charge in [-0.2, -0.15) is 0 Å². The quantitative estimate of drug-likeness (QED) is 0.267. The Labute approximate surface area is 250 Å². The molecule has 2 aromatic carbocycles. The fourth-order valence-corrected chi connectivity index (χ4v) is 5.17. The summed E-state index contributed by atoms with van der Waals surface area (Å²) in [7, 11) is 1.46. The summed E-state index contributed by atoms with van der Waals surface area (Å²) in [6.45, 7) is 6.78. The minimum atomic E-state index is -1.25. The molecule has 1 heterocycles. The third-order valence-electron chi connectivity index (χ3n) is 7.84. The average Bonchev–Trinajstić information content (AvgIpc) is 3.74. The molecule has 4 N–H and O–H groups in total. The Kier molecular flexibility index (Phi) is 9.27. The van der Waals surface area contributed by atoms with Crippen LogP contribution in [0.4, 0.5) is 21.0 Å². The number of nitrogens with one attached hydrogen (secondary N) is 3. The molecule has 6 amide bonds. The number of urea groups is 2. The number of carbonyl (C=O) groups is 5. The summed E-state index contributed by atoms with van der Waals surface area (Å²) in [6, 6.07) is 9.70. The minimum Gasteiger partial charge on any atom is -0.495 e. The number of aliphatic carboxylic acids is 1. The molecule has 1 aliphatic heterocycles. The third-order valence-corrected chi connectivity index (χ3v) is 7.84. The topological polar surface area (TPSA) is 157 Å². The summed E-state index contributed by atoms with van der Waals surface area (Å²) in [5.41, 5.74) is 1.40. The normalized spacial score (nSPS) is 17.3. The highest BCUT2D eigenvalue weighted by Gasteiger charge is 2.55. The highest BCUT2D eigenvalue weighted by atomic mass is 16.5. The van der Waals surface area contributed by atoms with E-state index in [2.05, 4.69) is 16.0 Å². The SMILES string of the molecule is COc1cc(CN2C(=O)N([C@H](CC3CC3)C(=O)N[C@H](C)CC(=O)O)C(=O)C2(C)C)ccc1NC(=O)Nc1ccccc1C. The molecule has 0 unspecified atom stereocenters. The second-order valence-electron chi connectivity index (χ2n) is 11.7. The van der Waals surface area contributed by atoms with Crippen LogP contribution >= 0.6 is 0 Å². The van der Waals surface area contributed by atoms with Crippen LogP contribution in [0, 0.1) is 12.8 Å². The van der Waals surface area contributed by atoms with Gasteiger partial charge in [0.25, 0.3) is 5.91 Å². The summed E-state index contributed by atoms with van der Waals surface area (Å²) in [5.74, 6) is -1.52. The number of methoxy groups -OCH3 is 1. The van der Waals surface area contributed by atoms with E-state index in [4.69, 9.17) is 9.84 Å². The van der Waals surface area contributed by atoms with E-state index in [1.807, 2.05) is 25.1 Å². The number of hydrogen-bond donors (Lipinski definition) is 4. The number of para-hydroxylation sites is 1. The van der Waals surface area contributed by atoms with Gasteiger partial charge in [0, 0.05) is 18.3 Å². The Morgan fingerprint density at radius 3 is 2.37 bits per heavy atom. The van der Waals surface area contributed by atoms with Crippen molar-refractivity contribution in [3.05, 3.63) is 53.6 Å². The van der Waals surface area contributed by atoms with Gasteiger partial charge in [-0.25, -0.2) is 14.5 Å². The number of carboxylic acid groups (broad SMARTS) is 1. The Bertz CT molecular complexity index is 1420. The van der Waals surface area contributed by atoms with Gasteiger partial charge in [-0.3, -0.25) is 14.4 Å². The fraction of sp³-hybridized carbons (Fsp3) is 0.452. The van der Waals surface area contributed by atoms with Crippen LogP contribution in [0.25, 0.3) is 0 Å². The number of amides is 6. The zero-order valence-electron chi connectivity index (χ0n) is 25.1. The first-order valence-electron chi connectivity index (χ1n) is 14.3. The van der Waals surface area contributed by atoms with Crippen LogP contribution in [-0.4, -0.2) is 69.5 Å². The predicted molar refractivity (Wildman–Crippen MR) is 160 cm³/mol. The summed E-state index contributed by atoms with van der Waals surface area (Å²) in [5, 5.41) is 17.3. The highest BCUT2D eigenvalue weighted by Crippen LogP contribution is 2.38. The Morgan fingerprint density at radius 2 is 1.74 bits per heavy atom. The Hall–Kier alpha value is -4.61. The van der Waals surface area contributed by atoms with Gasteiger partial charge >= 0.3 is 18.0 Å². The first-order valence-corrected chi connectivity index (χ1v) is 14.3. The van der Waals surface area contributed by atoms with Crippen LogP contribution in [-0.2, 0) is 20.9 Å². The van der Waals surface area contributed by atoms with E-state index in [1.165, 1.54) is 12.0 Å². The molecule has 0 bridgehead atoms. The lowest BCUT2D eigenvalue weighted by molar-refractivity contribution is -0.140. The smallest absolute Gasteiger partial charge is 0.328 e. The van der Waals surface area contributed by atoms with Crippen molar-refractivity contribution in [1.82, 2.24) is 15.1 Å². The lowest BCUT2D eigenvalue weighted by Crippen LogP contribution is -2.52. The van der Waals surface area contributed by atoms with Crippen molar-refractivity contribution in [1.29, 1.82) is 0 Å². The number of anilines is 2. The number of benzene rings is 2. The molecule has 230 valence electrons. The molecule has 0 aromatic heterocycles. The van der Waals surface area contributed by atoms with E-state index in [9.17, 15) is 24.0 Å². The van der Waals surface area contributed by atoms with Gasteiger partial charge in [0.15, 0.2) is 0 Å².